The normalized spacial score (nSPS) is 11.3. The lowest BCUT2D eigenvalue weighted by molar-refractivity contribution is -0.0114. The Labute approximate surface area is 194 Å². The first kappa shape index (κ1) is 28.3. The van der Waals surface area contributed by atoms with E-state index in [-0.39, 0.29) is 0 Å². The fourth-order valence-corrected chi connectivity index (χ4v) is 3.36. The summed E-state index contributed by atoms with van der Waals surface area (Å²) in [5.74, 6) is 0. The molecule has 0 rings (SSSR count). The molecular weight excluding hydrogens is 574 g/mol. The van der Waals surface area contributed by atoms with Gasteiger partial charge in [0, 0.05) is 13.2 Å². The van der Waals surface area contributed by atoms with Crippen molar-refractivity contribution in [3.8, 4) is 0 Å². The fraction of sp³-hybridized carbons (Fsp3) is 1.00. The average molecular weight is 614 g/mol. The van der Waals surface area contributed by atoms with Crippen LogP contribution in [0.2, 0.25) is 0 Å². The summed E-state index contributed by atoms with van der Waals surface area (Å²) in [5, 5.41) is 0. The van der Waals surface area contributed by atoms with Crippen molar-refractivity contribution in [3.63, 3.8) is 0 Å². The molecule has 0 saturated heterocycles. The molecule has 0 aliphatic heterocycles. The lowest BCUT2D eigenvalue weighted by Gasteiger charge is -2.08. The first-order chi connectivity index (χ1) is 13.4. The van der Waals surface area contributed by atoms with Gasteiger partial charge in [-0.15, -0.1) is 0 Å². The highest BCUT2D eigenvalue weighted by atomic mass is 127. The van der Waals surface area contributed by atoms with Gasteiger partial charge in [0.1, 0.15) is 0 Å². The van der Waals surface area contributed by atoms with Crippen LogP contribution in [0.1, 0.15) is 51.4 Å². The molecule has 0 spiro atoms. The zero-order chi connectivity index (χ0) is 19.7. The Balaban J connectivity index is 2.95. The Morgan fingerprint density at radius 1 is 0.296 bits per heavy atom. The maximum atomic E-state index is 5.54. The molecule has 0 heterocycles. The van der Waals surface area contributed by atoms with E-state index in [1.165, 1.54) is 47.4 Å². The van der Waals surface area contributed by atoms with E-state index >= 15 is 0 Å². The van der Waals surface area contributed by atoms with Crippen LogP contribution in [0.15, 0.2) is 0 Å². The third kappa shape index (κ3) is 27.3. The van der Waals surface area contributed by atoms with Crippen LogP contribution in [0, 0.1) is 0 Å². The number of rotatable bonds is 24. The van der Waals surface area contributed by atoms with Crippen molar-refractivity contribution in [2.75, 3.05) is 74.9 Å². The molecule has 0 amide bonds. The molecule has 0 radical (unpaired) electrons. The minimum atomic E-state index is 0.605. The second-order valence-corrected chi connectivity index (χ2v) is 8.43. The van der Waals surface area contributed by atoms with E-state index < -0.39 is 0 Å². The van der Waals surface area contributed by atoms with Gasteiger partial charge in [0.15, 0.2) is 0 Å². The molecule has 0 aromatic rings. The van der Waals surface area contributed by atoms with Gasteiger partial charge in [0.05, 0.1) is 52.9 Å². The van der Waals surface area contributed by atoms with E-state index in [4.69, 9.17) is 23.7 Å². The van der Waals surface area contributed by atoms with Crippen LogP contribution in [-0.4, -0.2) is 74.9 Å². The quantitative estimate of drug-likeness (QED) is 0.0865. The zero-order valence-electron chi connectivity index (χ0n) is 16.9. The molecule has 0 bridgehead atoms. The number of ether oxygens (including phenoxy) is 5. The summed E-state index contributed by atoms with van der Waals surface area (Å²) in [6.07, 6.45) is 10.1. The summed E-state index contributed by atoms with van der Waals surface area (Å²) < 4.78 is 30.0. The maximum Gasteiger partial charge on any atom is 0.0701 e. The van der Waals surface area contributed by atoms with Crippen LogP contribution >= 0.6 is 45.2 Å². The number of halogens is 2. The summed E-state index contributed by atoms with van der Waals surface area (Å²) in [7, 11) is 0. The molecule has 0 unspecified atom stereocenters. The molecule has 27 heavy (non-hydrogen) atoms. The molecule has 0 aliphatic carbocycles. The van der Waals surface area contributed by atoms with Crippen molar-refractivity contribution in [2.45, 2.75) is 51.4 Å². The number of hydrogen-bond donors (Lipinski definition) is 0. The Hall–Kier alpha value is 1.26. The highest BCUT2D eigenvalue weighted by Gasteiger charge is 1.95. The molecule has 0 aromatic heterocycles. The minimum Gasteiger partial charge on any atom is -0.379 e. The summed E-state index contributed by atoms with van der Waals surface area (Å²) in [5.41, 5.74) is 0. The van der Waals surface area contributed by atoms with E-state index in [0.717, 1.165) is 26.1 Å². The molecule has 0 aromatic carbocycles. The summed E-state index contributed by atoms with van der Waals surface area (Å²) >= 11 is 4.85. The monoisotopic (exact) mass is 614 g/mol. The Morgan fingerprint density at radius 3 is 0.852 bits per heavy atom. The van der Waals surface area contributed by atoms with Crippen LogP contribution in [0.25, 0.3) is 0 Å². The van der Waals surface area contributed by atoms with Gasteiger partial charge in [-0.2, -0.15) is 0 Å². The van der Waals surface area contributed by atoms with Crippen molar-refractivity contribution in [3.05, 3.63) is 0 Å². The van der Waals surface area contributed by atoms with E-state index in [2.05, 4.69) is 45.2 Å². The van der Waals surface area contributed by atoms with Crippen LogP contribution in [0.4, 0.5) is 0 Å². The van der Waals surface area contributed by atoms with Crippen LogP contribution in [0.5, 0.6) is 0 Å². The standard InChI is InChI=1S/C20H40I2O5/c21-9-5-1-3-7-11-23-13-15-25-17-19-27-20-18-26-16-14-24-12-8-4-2-6-10-22/h1-20H2. The average Bonchev–Trinajstić information content (AvgIpc) is 2.68. The van der Waals surface area contributed by atoms with Gasteiger partial charge in [0.25, 0.3) is 0 Å². The van der Waals surface area contributed by atoms with Gasteiger partial charge < -0.3 is 23.7 Å². The van der Waals surface area contributed by atoms with E-state index in [1.54, 1.807) is 0 Å². The molecule has 5 nitrogen and oxygen atoms in total. The Bertz CT molecular complexity index is 237. The highest BCUT2D eigenvalue weighted by Crippen LogP contribution is 2.03. The first-order valence-electron chi connectivity index (χ1n) is 10.4. The van der Waals surface area contributed by atoms with Gasteiger partial charge in [-0.25, -0.2) is 0 Å². The molecule has 0 N–H and O–H groups in total. The predicted octanol–water partition coefficient (Wildman–Crippen LogP) is 5.06. The lowest BCUT2D eigenvalue weighted by atomic mass is 10.2. The summed E-state index contributed by atoms with van der Waals surface area (Å²) in [6.45, 7) is 6.76. The van der Waals surface area contributed by atoms with Gasteiger partial charge in [-0.1, -0.05) is 70.9 Å². The lowest BCUT2D eigenvalue weighted by Crippen LogP contribution is -2.13. The van der Waals surface area contributed by atoms with Crippen molar-refractivity contribution in [1.29, 1.82) is 0 Å². The topological polar surface area (TPSA) is 46.2 Å². The molecular formula is C20H40I2O5. The Kier molecular flexibility index (Phi) is 28.5. The van der Waals surface area contributed by atoms with E-state index in [1.807, 2.05) is 0 Å². The molecule has 7 heteroatoms. The van der Waals surface area contributed by atoms with Crippen LogP contribution in [0.3, 0.4) is 0 Å². The molecule has 0 fully saturated rings. The molecule has 0 saturated carbocycles. The Morgan fingerprint density at radius 2 is 0.556 bits per heavy atom. The van der Waals surface area contributed by atoms with Gasteiger partial charge in [-0.3, -0.25) is 0 Å². The first-order valence-corrected chi connectivity index (χ1v) is 13.5. The van der Waals surface area contributed by atoms with Crippen molar-refractivity contribution in [2.24, 2.45) is 0 Å². The van der Waals surface area contributed by atoms with Crippen molar-refractivity contribution < 1.29 is 23.7 Å². The van der Waals surface area contributed by atoms with E-state index in [9.17, 15) is 0 Å². The molecule has 0 atom stereocenters. The largest absolute Gasteiger partial charge is 0.379 e. The zero-order valence-corrected chi connectivity index (χ0v) is 21.3. The second kappa shape index (κ2) is 27.3. The summed E-state index contributed by atoms with van der Waals surface area (Å²) in [6, 6.07) is 0. The molecule has 0 aliphatic rings. The third-order valence-electron chi connectivity index (χ3n) is 3.83. The third-order valence-corrected chi connectivity index (χ3v) is 5.36. The molecule has 164 valence electrons. The van der Waals surface area contributed by atoms with E-state index in [0.29, 0.717) is 52.9 Å². The SMILES string of the molecule is ICCCCCCOCCOCCOCCOCCOCCCCCCI. The van der Waals surface area contributed by atoms with Gasteiger partial charge in [0.2, 0.25) is 0 Å². The van der Waals surface area contributed by atoms with Gasteiger partial charge >= 0.3 is 0 Å². The van der Waals surface area contributed by atoms with Crippen molar-refractivity contribution in [1.82, 2.24) is 0 Å². The summed E-state index contributed by atoms with van der Waals surface area (Å²) in [4.78, 5) is 0. The number of alkyl halides is 2. The second-order valence-electron chi connectivity index (χ2n) is 6.27. The smallest absolute Gasteiger partial charge is 0.0701 e. The minimum absolute atomic E-state index is 0.605. The predicted molar refractivity (Wildman–Crippen MR) is 129 cm³/mol. The fourth-order valence-electron chi connectivity index (χ4n) is 2.29. The van der Waals surface area contributed by atoms with Gasteiger partial charge in [-0.05, 0) is 34.5 Å². The van der Waals surface area contributed by atoms with Crippen molar-refractivity contribution >= 4 is 45.2 Å². The maximum absolute atomic E-state index is 5.54. The number of hydrogen-bond acceptors (Lipinski definition) is 5. The van der Waals surface area contributed by atoms with Crippen LogP contribution < -0.4 is 0 Å². The highest BCUT2D eigenvalue weighted by molar-refractivity contribution is 14.1. The van der Waals surface area contributed by atoms with Crippen LogP contribution in [-0.2, 0) is 23.7 Å². The number of unbranched alkanes of at least 4 members (excludes halogenated alkanes) is 6.